The zero-order valence-corrected chi connectivity index (χ0v) is 15.8. The molecule has 1 heterocycles. The number of hydrogen-bond acceptors (Lipinski definition) is 3. The maximum absolute atomic E-state index is 13.2. The summed E-state index contributed by atoms with van der Waals surface area (Å²) in [6, 6.07) is 6.34. The van der Waals surface area contributed by atoms with Crippen LogP contribution in [-0.4, -0.2) is 46.5 Å². The number of aromatic nitrogens is 1. The quantitative estimate of drug-likeness (QED) is 0.847. The van der Waals surface area contributed by atoms with Crippen LogP contribution in [0.3, 0.4) is 0 Å². The van der Waals surface area contributed by atoms with Crippen molar-refractivity contribution in [3.63, 3.8) is 0 Å². The van der Waals surface area contributed by atoms with Gasteiger partial charge < -0.3 is 14.6 Å². The van der Waals surface area contributed by atoms with Crippen molar-refractivity contribution in [3.8, 4) is 0 Å². The number of hydrogen-bond donors (Lipinski definition) is 1. The Morgan fingerprint density at radius 1 is 1.26 bits per heavy atom. The molecule has 0 bridgehead atoms. The van der Waals surface area contributed by atoms with Gasteiger partial charge in [0.25, 0.3) is 0 Å². The van der Waals surface area contributed by atoms with E-state index >= 15 is 0 Å². The second-order valence-corrected chi connectivity index (χ2v) is 7.09. The van der Waals surface area contributed by atoms with Crippen molar-refractivity contribution >= 4 is 11.7 Å². The zero-order chi connectivity index (χ0) is 19.6. The largest absolute Gasteiger partial charge is 0.395 e. The fourth-order valence-corrected chi connectivity index (χ4v) is 3.75. The van der Waals surface area contributed by atoms with Crippen LogP contribution < -0.4 is 0 Å². The molecule has 1 aromatic carbocycles. The number of rotatable bonds is 6. The molecule has 1 aliphatic carbocycles. The Morgan fingerprint density at radius 3 is 2.63 bits per heavy atom. The van der Waals surface area contributed by atoms with E-state index in [0.29, 0.717) is 18.5 Å². The van der Waals surface area contributed by atoms with Gasteiger partial charge in [0.05, 0.1) is 13.0 Å². The Kier molecular flexibility index (Phi) is 5.75. The molecule has 0 unspecified atom stereocenters. The molecular formula is C21H25FN2O3. The first-order valence-corrected chi connectivity index (χ1v) is 9.25. The minimum atomic E-state index is -0.279. The summed E-state index contributed by atoms with van der Waals surface area (Å²) in [4.78, 5) is 26.6. The molecule has 0 spiro atoms. The summed E-state index contributed by atoms with van der Waals surface area (Å²) in [5, 5.41) is 9.05. The van der Waals surface area contributed by atoms with Crippen LogP contribution in [0.15, 0.2) is 24.3 Å². The highest BCUT2D eigenvalue weighted by atomic mass is 19.1. The number of Topliss-reactive ketones (excluding diaryl/α,β-unsaturated/α-hetero) is 1. The predicted octanol–water partition coefficient (Wildman–Crippen LogP) is 2.50. The van der Waals surface area contributed by atoms with Gasteiger partial charge in [0.15, 0.2) is 5.78 Å². The molecule has 1 aromatic heterocycles. The van der Waals surface area contributed by atoms with Crippen LogP contribution in [0.1, 0.15) is 45.7 Å². The lowest BCUT2D eigenvalue weighted by atomic mass is 9.92. The third kappa shape index (κ3) is 3.95. The van der Waals surface area contributed by atoms with Crippen LogP contribution in [0, 0.1) is 12.7 Å². The van der Waals surface area contributed by atoms with E-state index in [2.05, 4.69) is 4.57 Å². The van der Waals surface area contributed by atoms with Crippen LogP contribution in [0.5, 0.6) is 0 Å². The van der Waals surface area contributed by atoms with Crippen LogP contribution in [-0.2, 0) is 24.2 Å². The van der Waals surface area contributed by atoms with E-state index in [1.54, 1.807) is 19.2 Å². The van der Waals surface area contributed by atoms with Crippen LogP contribution in [0.2, 0.25) is 0 Å². The van der Waals surface area contributed by atoms with Gasteiger partial charge in [0.1, 0.15) is 5.82 Å². The van der Waals surface area contributed by atoms with E-state index in [4.69, 9.17) is 5.11 Å². The summed E-state index contributed by atoms with van der Waals surface area (Å²) < 4.78 is 15.3. The standard InChI is InChI=1S/C21H25FN2O3/c1-14-17(12-20(27)23(2)10-11-25)21-18(4-3-5-19(21)26)24(14)13-15-6-8-16(22)9-7-15/h6-9,25H,3-5,10-13H2,1-2H3. The monoisotopic (exact) mass is 372 g/mol. The number of aliphatic hydroxyl groups excluding tert-OH is 1. The molecule has 1 amide bonds. The van der Waals surface area contributed by atoms with Crippen molar-refractivity contribution in [1.29, 1.82) is 0 Å². The van der Waals surface area contributed by atoms with Gasteiger partial charge in [-0.1, -0.05) is 12.1 Å². The molecule has 1 aliphatic rings. The molecule has 5 nitrogen and oxygen atoms in total. The summed E-state index contributed by atoms with van der Waals surface area (Å²) in [5.41, 5.74) is 4.30. The lowest BCUT2D eigenvalue weighted by Gasteiger charge is -2.17. The van der Waals surface area contributed by atoms with E-state index in [1.807, 2.05) is 6.92 Å². The van der Waals surface area contributed by atoms with Gasteiger partial charge in [-0.05, 0) is 43.0 Å². The summed E-state index contributed by atoms with van der Waals surface area (Å²) in [6.07, 6.45) is 2.24. The third-order valence-corrected chi connectivity index (χ3v) is 5.30. The first-order valence-electron chi connectivity index (χ1n) is 9.25. The summed E-state index contributed by atoms with van der Waals surface area (Å²) in [5.74, 6) is -0.310. The number of likely N-dealkylation sites (N-methyl/N-ethyl adjacent to an activating group) is 1. The Morgan fingerprint density at radius 2 is 1.96 bits per heavy atom. The van der Waals surface area contributed by atoms with Gasteiger partial charge in [0, 0.05) is 43.5 Å². The molecule has 0 saturated heterocycles. The van der Waals surface area contributed by atoms with E-state index in [-0.39, 0.29) is 37.1 Å². The van der Waals surface area contributed by atoms with Crippen molar-refractivity contribution < 1.29 is 19.1 Å². The average Bonchev–Trinajstić information content (AvgIpc) is 2.90. The van der Waals surface area contributed by atoms with E-state index < -0.39 is 0 Å². The minimum Gasteiger partial charge on any atom is -0.395 e. The fraction of sp³-hybridized carbons (Fsp3) is 0.429. The van der Waals surface area contributed by atoms with Gasteiger partial charge in [0.2, 0.25) is 5.91 Å². The maximum atomic E-state index is 13.2. The zero-order valence-electron chi connectivity index (χ0n) is 15.8. The first-order chi connectivity index (χ1) is 12.9. The molecule has 2 aromatic rings. The van der Waals surface area contributed by atoms with E-state index in [9.17, 15) is 14.0 Å². The number of amides is 1. The summed E-state index contributed by atoms with van der Waals surface area (Å²) in [7, 11) is 1.65. The molecule has 144 valence electrons. The highest BCUT2D eigenvalue weighted by molar-refractivity contribution is 6.01. The van der Waals surface area contributed by atoms with Crippen molar-refractivity contribution in [1.82, 2.24) is 9.47 Å². The number of halogens is 1. The summed E-state index contributed by atoms with van der Waals surface area (Å²) in [6.45, 7) is 2.65. The molecule has 0 saturated carbocycles. The maximum Gasteiger partial charge on any atom is 0.226 e. The van der Waals surface area contributed by atoms with Crippen molar-refractivity contribution in [2.45, 2.75) is 39.2 Å². The topological polar surface area (TPSA) is 62.5 Å². The van der Waals surface area contributed by atoms with Gasteiger partial charge >= 0.3 is 0 Å². The molecule has 0 radical (unpaired) electrons. The molecule has 1 N–H and O–H groups in total. The number of nitrogens with zero attached hydrogens (tertiary/aromatic N) is 2. The third-order valence-electron chi connectivity index (χ3n) is 5.30. The SMILES string of the molecule is Cc1c(CC(=O)N(C)CCO)c2c(n1Cc1ccc(F)cc1)CCCC2=O. The highest BCUT2D eigenvalue weighted by Crippen LogP contribution is 2.31. The van der Waals surface area contributed by atoms with Crippen LogP contribution in [0.25, 0.3) is 0 Å². The molecule has 3 rings (SSSR count). The Balaban J connectivity index is 1.98. The van der Waals surface area contributed by atoms with Gasteiger partial charge in [-0.2, -0.15) is 0 Å². The highest BCUT2D eigenvalue weighted by Gasteiger charge is 2.29. The van der Waals surface area contributed by atoms with E-state index in [0.717, 1.165) is 35.4 Å². The average molecular weight is 372 g/mol. The van der Waals surface area contributed by atoms with Gasteiger partial charge in [-0.15, -0.1) is 0 Å². The molecule has 6 heteroatoms. The van der Waals surface area contributed by atoms with Crippen molar-refractivity contribution in [3.05, 3.63) is 58.2 Å². The Hall–Kier alpha value is -2.47. The Labute approximate surface area is 158 Å². The predicted molar refractivity (Wildman–Crippen MR) is 100 cm³/mol. The molecule has 0 aliphatic heterocycles. The smallest absolute Gasteiger partial charge is 0.226 e. The molecule has 0 fully saturated rings. The second-order valence-electron chi connectivity index (χ2n) is 7.09. The number of aliphatic hydroxyl groups is 1. The lowest BCUT2D eigenvalue weighted by Crippen LogP contribution is -2.31. The van der Waals surface area contributed by atoms with Gasteiger partial charge in [-0.3, -0.25) is 9.59 Å². The van der Waals surface area contributed by atoms with Crippen LogP contribution in [0.4, 0.5) is 4.39 Å². The number of fused-ring (bicyclic) bond motifs is 1. The number of carbonyl (C=O) groups excluding carboxylic acids is 2. The molecular weight excluding hydrogens is 347 g/mol. The fourth-order valence-electron chi connectivity index (χ4n) is 3.75. The minimum absolute atomic E-state index is 0.0878. The van der Waals surface area contributed by atoms with Crippen LogP contribution >= 0.6 is 0 Å². The number of carbonyl (C=O) groups is 2. The molecule has 27 heavy (non-hydrogen) atoms. The van der Waals surface area contributed by atoms with E-state index in [1.165, 1.54) is 17.0 Å². The lowest BCUT2D eigenvalue weighted by molar-refractivity contribution is -0.129. The van der Waals surface area contributed by atoms with Crippen molar-refractivity contribution in [2.24, 2.45) is 0 Å². The first kappa shape index (κ1) is 19.3. The number of ketones is 1. The van der Waals surface area contributed by atoms with Crippen molar-refractivity contribution in [2.75, 3.05) is 20.2 Å². The van der Waals surface area contributed by atoms with Gasteiger partial charge in [-0.25, -0.2) is 4.39 Å². The molecule has 0 atom stereocenters. The number of benzene rings is 1. The summed E-state index contributed by atoms with van der Waals surface area (Å²) >= 11 is 0. The Bertz CT molecular complexity index is 855. The second kappa shape index (κ2) is 8.05. The normalized spacial score (nSPS) is 13.6.